The molecule has 16 heavy (non-hydrogen) atoms. The Morgan fingerprint density at radius 3 is 2.19 bits per heavy atom. The topological polar surface area (TPSA) is 26.0 Å². The highest BCUT2D eigenvalue weighted by Gasteiger charge is 2.32. The Morgan fingerprint density at radius 1 is 1.00 bits per heavy atom. The van der Waals surface area contributed by atoms with Gasteiger partial charge in [0, 0.05) is 5.54 Å². The third-order valence-electron chi connectivity index (χ3n) is 4.20. The quantitative estimate of drug-likeness (QED) is 0.688. The van der Waals surface area contributed by atoms with Crippen LogP contribution in [0.5, 0.6) is 0 Å². The zero-order valence-electron chi connectivity index (χ0n) is 12.0. The molecular weight excluding hydrogens is 194 g/mol. The molecule has 0 radical (unpaired) electrons. The first-order chi connectivity index (χ1) is 7.12. The molecule has 0 saturated heterocycles. The molecule has 0 aromatic carbocycles. The van der Waals surface area contributed by atoms with Crippen LogP contribution >= 0.6 is 0 Å². The van der Waals surface area contributed by atoms with E-state index in [2.05, 4.69) is 34.6 Å². The van der Waals surface area contributed by atoms with Crippen molar-refractivity contribution in [1.82, 2.24) is 0 Å². The SMILES string of the molecule is CC(C)(C)CCC1(N)CCCC(C)(C)CC1. The average Bonchev–Trinajstić information content (AvgIpc) is 2.23. The summed E-state index contributed by atoms with van der Waals surface area (Å²) in [6.45, 7) is 11.7. The maximum Gasteiger partial charge on any atom is 0.0154 e. The standard InChI is InChI=1S/C15H31N/c1-13(2,3)9-11-15(16)8-6-7-14(4,5)10-12-15/h6-12,16H2,1-5H3. The Hall–Kier alpha value is -0.0400. The molecule has 0 aromatic heterocycles. The summed E-state index contributed by atoms with van der Waals surface area (Å²) in [7, 11) is 0. The van der Waals surface area contributed by atoms with Gasteiger partial charge in [0.2, 0.25) is 0 Å². The molecule has 1 rings (SSSR count). The predicted octanol–water partition coefficient (Wildman–Crippen LogP) is 4.50. The Bertz CT molecular complexity index is 224. The minimum absolute atomic E-state index is 0.126. The first-order valence-corrected chi connectivity index (χ1v) is 6.91. The Morgan fingerprint density at radius 2 is 1.62 bits per heavy atom. The van der Waals surface area contributed by atoms with Crippen LogP contribution in [-0.2, 0) is 0 Å². The van der Waals surface area contributed by atoms with Crippen molar-refractivity contribution >= 4 is 0 Å². The predicted molar refractivity (Wildman–Crippen MR) is 72.5 cm³/mol. The fraction of sp³-hybridized carbons (Fsp3) is 1.00. The maximum absolute atomic E-state index is 6.59. The minimum Gasteiger partial charge on any atom is -0.325 e. The van der Waals surface area contributed by atoms with Crippen LogP contribution in [0.2, 0.25) is 0 Å². The summed E-state index contributed by atoms with van der Waals surface area (Å²) in [5, 5.41) is 0. The van der Waals surface area contributed by atoms with Gasteiger partial charge >= 0.3 is 0 Å². The molecule has 0 aliphatic heterocycles. The van der Waals surface area contributed by atoms with E-state index in [4.69, 9.17) is 5.73 Å². The van der Waals surface area contributed by atoms with Gasteiger partial charge in [-0.05, 0) is 49.4 Å². The Labute approximate surface area is 102 Å². The highest BCUT2D eigenvalue weighted by atomic mass is 14.7. The van der Waals surface area contributed by atoms with Gasteiger partial charge < -0.3 is 5.73 Å². The third-order valence-corrected chi connectivity index (χ3v) is 4.20. The second-order valence-corrected chi connectivity index (χ2v) is 7.94. The van der Waals surface area contributed by atoms with Gasteiger partial charge in [-0.1, -0.05) is 41.0 Å². The Kier molecular flexibility index (Phi) is 4.10. The van der Waals surface area contributed by atoms with E-state index >= 15 is 0 Å². The van der Waals surface area contributed by atoms with Gasteiger partial charge in [0.05, 0.1) is 0 Å². The fourth-order valence-corrected chi connectivity index (χ4v) is 2.63. The molecule has 2 N–H and O–H groups in total. The lowest BCUT2D eigenvalue weighted by Crippen LogP contribution is -2.40. The van der Waals surface area contributed by atoms with Gasteiger partial charge in [0.1, 0.15) is 0 Å². The number of hydrogen-bond acceptors (Lipinski definition) is 1. The van der Waals surface area contributed by atoms with E-state index in [-0.39, 0.29) is 5.54 Å². The number of rotatable bonds is 2. The summed E-state index contributed by atoms with van der Waals surface area (Å²) < 4.78 is 0. The van der Waals surface area contributed by atoms with E-state index in [1.54, 1.807) is 0 Å². The van der Waals surface area contributed by atoms with E-state index in [1.165, 1.54) is 44.9 Å². The molecule has 1 saturated carbocycles. The molecule has 1 unspecified atom stereocenters. The first-order valence-electron chi connectivity index (χ1n) is 6.91. The van der Waals surface area contributed by atoms with E-state index in [0.29, 0.717) is 10.8 Å². The highest BCUT2D eigenvalue weighted by Crippen LogP contribution is 2.39. The Balaban J connectivity index is 2.51. The zero-order chi connectivity index (χ0) is 12.4. The van der Waals surface area contributed by atoms with Crippen molar-refractivity contribution in [2.45, 2.75) is 85.1 Å². The summed E-state index contributed by atoms with van der Waals surface area (Å²) in [4.78, 5) is 0. The monoisotopic (exact) mass is 225 g/mol. The molecule has 0 aromatic rings. The summed E-state index contributed by atoms with van der Waals surface area (Å²) >= 11 is 0. The van der Waals surface area contributed by atoms with Gasteiger partial charge in [-0.25, -0.2) is 0 Å². The van der Waals surface area contributed by atoms with Crippen LogP contribution in [0.3, 0.4) is 0 Å². The van der Waals surface area contributed by atoms with Crippen LogP contribution in [0.25, 0.3) is 0 Å². The molecule has 96 valence electrons. The molecule has 1 aliphatic carbocycles. The summed E-state index contributed by atoms with van der Waals surface area (Å²) in [6, 6.07) is 0. The molecule has 1 heteroatoms. The molecule has 1 atom stereocenters. The summed E-state index contributed by atoms with van der Waals surface area (Å²) in [6.07, 6.45) is 8.86. The normalized spacial score (nSPS) is 31.1. The van der Waals surface area contributed by atoms with E-state index in [0.717, 1.165) is 0 Å². The van der Waals surface area contributed by atoms with Crippen molar-refractivity contribution in [2.75, 3.05) is 0 Å². The zero-order valence-corrected chi connectivity index (χ0v) is 12.0. The minimum atomic E-state index is 0.126. The molecule has 0 spiro atoms. The van der Waals surface area contributed by atoms with Crippen molar-refractivity contribution in [3.05, 3.63) is 0 Å². The molecule has 0 amide bonds. The van der Waals surface area contributed by atoms with Crippen LogP contribution in [-0.4, -0.2) is 5.54 Å². The van der Waals surface area contributed by atoms with Crippen molar-refractivity contribution < 1.29 is 0 Å². The molecule has 0 heterocycles. The second kappa shape index (κ2) is 4.68. The van der Waals surface area contributed by atoms with Crippen molar-refractivity contribution in [3.8, 4) is 0 Å². The van der Waals surface area contributed by atoms with Crippen LogP contribution in [0, 0.1) is 10.8 Å². The van der Waals surface area contributed by atoms with Crippen molar-refractivity contribution in [3.63, 3.8) is 0 Å². The van der Waals surface area contributed by atoms with Crippen LogP contribution < -0.4 is 5.73 Å². The lowest BCUT2D eigenvalue weighted by molar-refractivity contribution is 0.256. The van der Waals surface area contributed by atoms with Crippen LogP contribution in [0.15, 0.2) is 0 Å². The molecule has 1 nitrogen and oxygen atoms in total. The summed E-state index contributed by atoms with van der Waals surface area (Å²) in [5.41, 5.74) is 7.65. The molecule has 0 bridgehead atoms. The van der Waals surface area contributed by atoms with Gasteiger partial charge in [-0.3, -0.25) is 0 Å². The fourth-order valence-electron chi connectivity index (χ4n) is 2.63. The third kappa shape index (κ3) is 4.86. The first kappa shape index (κ1) is 14.0. The van der Waals surface area contributed by atoms with E-state index in [9.17, 15) is 0 Å². The van der Waals surface area contributed by atoms with Gasteiger partial charge in [-0.2, -0.15) is 0 Å². The second-order valence-electron chi connectivity index (χ2n) is 7.94. The smallest absolute Gasteiger partial charge is 0.0154 e. The largest absolute Gasteiger partial charge is 0.325 e. The molecular formula is C15H31N. The van der Waals surface area contributed by atoms with E-state index in [1.807, 2.05) is 0 Å². The van der Waals surface area contributed by atoms with Gasteiger partial charge in [-0.15, -0.1) is 0 Å². The van der Waals surface area contributed by atoms with Crippen molar-refractivity contribution in [2.24, 2.45) is 16.6 Å². The number of hydrogen-bond donors (Lipinski definition) is 1. The van der Waals surface area contributed by atoms with Gasteiger partial charge in [0.25, 0.3) is 0 Å². The molecule has 1 aliphatic rings. The highest BCUT2D eigenvalue weighted by molar-refractivity contribution is 4.90. The average molecular weight is 225 g/mol. The molecule has 1 fully saturated rings. The van der Waals surface area contributed by atoms with E-state index < -0.39 is 0 Å². The lowest BCUT2D eigenvalue weighted by Gasteiger charge is -2.32. The lowest BCUT2D eigenvalue weighted by atomic mass is 9.79. The van der Waals surface area contributed by atoms with Crippen LogP contribution in [0.4, 0.5) is 0 Å². The van der Waals surface area contributed by atoms with Crippen LogP contribution in [0.1, 0.15) is 79.6 Å². The number of nitrogens with two attached hydrogens (primary N) is 1. The van der Waals surface area contributed by atoms with Crippen molar-refractivity contribution in [1.29, 1.82) is 0 Å². The van der Waals surface area contributed by atoms with Gasteiger partial charge in [0.15, 0.2) is 0 Å². The maximum atomic E-state index is 6.59. The summed E-state index contributed by atoms with van der Waals surface area (Å²) in [5.74, 6) is 0.